The number of hydrogen-bond acceptors (Lipinski definition) is 6. The highest BCUT2D eigenvalue weighted by atomic mass is 32.2. The second-order valence-electron chi connectivity index (χ2n) is 5.56. The van der Waals surface area contributed by atoms with E-state index in [1.807, 2.05) is 4.90 Å². The smallest absolute Gasteiger partial charge is 0.228 e. The predicted octanol–water partition coefficient (Wildman–Crippen LogP) is -0.737. The Morgan fingerprint density at radius 2 is 2.05 bits per heavy atom. The molecule has 122 valence electrons. The summed E-state index contributed by atoms with van der Waals surface area (Å²) < 4.78 is 25.1. The molecule has 0 N–H and O–H groups in total. The highest BCUT2D eigenvalue weighted by Crippen LogP contribution is 2.18. The van der Waals surface area contributed by atoms with Gasteiger partial charge >= 0.3 is 0 Å². The Morgan fingerprint density at radius 1 is 1.32 bits per heavy atom. The fourth-order valence-electron chi connectivity index (χ4n) is 2.49. The van der Waals surface area contributed by atoms with Crippen molar-refractivity contribution in [3.8, 4) is 0 Å². The van der Waals surface area contributed by atoms with Gasteiger partial charge in [-0.15, -0.1) is 0 Å². The van der Waals surface area contributed by atoms with Crippen molar-refractivity contribution in [3.63, 3.8) is 0 Å². The molecule has 1 fully saturated rings. The summed E-state index contributed by atoms with van der Waals surface area (Å²) in [5, 5.41) is 0. The molecule has 0 spiro atoms. The number of aromatic nitrogens is 2. The lowest BCUT2D eigenvalue weighted by molar-refractivity contribution is -0.132. The van der Waals surface area contributed by atoms with Gasteiger partial charge in [-0.2, -0.15) is 4.31 Å². The number of nitrogens with zero attached hydrogens (tertiary/aromatic N) is 5. The monoisotopic (exact) mass is 327 g/mol. The Balaban J connectivity index is 2.28. The summed E-state index contributed by atoms with van der Waals surface area (Å²) in [6.07, 6.45) is 4.24. The maximum absolute atomic E-state index is 12.3. The minimum atomic E-state index is -3.34. The summed E-state index contributed by atoms with van der Waals surface area (Å²) in [5.41, 5.74) is 0. The van der Waals surface area contributed by atoms with Gasteiger partial charge < -0.3 is 9.80 Å². The molecule has 1 aromatic rings. The lowest BCUT2D eigenvalue weighted by atomic mass is 10.1. The van der Waals surface area contributed by atoms with E-state index in [2.05, 4.69) is 9.97 Å². The third-order valence-corrected chi connectivity index (χ3v) is 4.90. The van der Waals surface area contributed by atoms with Crippen LogP contribution in [0.4, 0.5) is 5.82 Å². The molecule has 0 unspecified atom stereocenters. The molecule has 1 aliphatic rings. The molecule has 0 radical (unpaired) electrons. The van der Waals surface area contributed by atoms with Crippen molar-refractivity contribution < 1.29 is 13.2 Å². The maximum Gasteiger partial charge on any atom is 0.228 e. The quantitative estimate of drug-likeness (QED) is 0.727. The zero-order valence-corrected chi connectivity index (χ0v) is 13.8. The minimum Gasteiger partial charge on any atom is -0.354 e. The van der Waals surface area contributed by atoms with Crippen LogP contribution in [0.15, 0.2) is 18.6 Å². The van der Waals surface area contributed by atoms with Crippen LogP contribution in [0.5, 0.6) is 0 Å². The second kappa shape index (κ2) is 6.57. The van der Waals surface area contributed by atoms with Gasteiger partial charge in [-0.3, -0.25) is 4.79 Å². The first-order chi connectivity index (χ1) is 10.3. The predicted molar refractivity (Wildman–Crippen MR) is 82.8 cm³/mol. The summed E-state index contributed by atoms with van der Waals surface area (Å²) in [6.45, 7) is 1.44. The normalized spacial score (nSPS) is 20.5. The van der Waals surface area contributed by atoms with Crippen molar-refractivity contribution in [2.45, 2.75) is 0 Å². The first-order valence-electron chi connectivity index (χ1n) is 6.96. The van der Waals surface area contributed by atoms with Crippen molar-refractivity contribution >= 4 is 21.7 Å². The van der Waals surface area contributed by atoms with E-state index < -0.39 is 15.9 Å². The zero-order valence-electron chi connectivity index (χ0n) is 13.0. The SMILES string of the molecule is CN(C)C(=O)[C@@H]1CN(c2ccncn2)CCN(S(C)(=O)=O)C1. The minimum absolute atomic E-state index is 0.0883. The Morgan fingerprint density at radius 3 is 2.59 bits per heavy atom. The van der Waals surface area contributed by atoms with Crippen molar-refractivity contribution in [2.24, 2.45) is 5.92 Å². The average molecular weight is 327 g/mol. The number of hydrogen-bond donors (Lipinski definition) is 0. The van der Waals surface area contributed by atoms with Crippen LogP contribution >= 0.6 is 0 Å². The number of rotatable bonds is 3. The topological polar surface area (TPSA) is 86.7 Å². The van der Waals surface area contributed by atoms with Crippen LogP contribution < -0.4 is 4.90 Å². The lowest BCUT2D eigenvalue weighted by Crippen LogP contribution is -2.42. The molecule has 1 aliphatic heterocycles. The molecule has 0 bridgehead atoms. The first kappa shape index (κ1) is 16.6. The lowest BCUT2D eigenvalue weighted by Gasteiger charge is -2.26. The van der Waals surface area contributed by atoms with E-state index in [9.17, 15) is 13.2 Å². The van der Waals surface area contributed by atoms with Gasteiger partial charge in [-0.05, 0) is 6.07 Å². The number of carbonyl (C=O) groups excluding carboxylic acids is 1. The fraction of sp³-hybridized carbons (Fsp3) is 0.615. The zero-order chi connectivity index (χ0) is 16.3. The molecule has 9 heteroatoms. The molecule has 2 rings (SSSR count). The highest BCUT2D eigenvalue weighted by molar-refractivity contribution is 7.88. The van der Waals surface area contributed by atoms with Gasteiger partial charge in [0.25, 0.3) is 0 Å². The van der Waals surface area contributed by atoms with Crippen LogP contribution in [0.1, 0.15) is 0 Å². The Labute approximate surface area is 130 Å². The highest BCUT2D eigenvalue weighted by Gasteiger charge is 2.32. The van der Waals surface area contributed by atoms with Gasteiger partial charge in [-0.1, -0.05) is 0 Å². The largest absolute Gasteiger partial charge is 0.354 e. The van der Waals surface area contributed by atoms with Crippen LogP contribution in [0.3, 0.4) is 0 Å². The Bertz CT molecular complexity index is 620. The van der Waals surface area contributed by atoms with Crippen molar-refractivity contribution in [3.05, 3.63) is 18.6 Å². The van der Waals surface area contributed by atoms with Crippen LogP contribution in [0.25, 0.3) is 0 Å². The molecule has 2 heterocycles. The molecular weight excluding hydrogens is 306 g/mol. The van der Waals surface area contributed by atoms with Crippen molar-refractivity contribution in [2.75, 3.05) is 51.4 Å². The van der Waals surface area contributed by atoms with E-state index in [-0.39, 0.29) is 12.5 Å². The molecule has 1 amide bonds. The number of sulfonamides is 1. The van der Waals surface area contributed by atoms with Crippen molar-refractivity contribution in [1.82, 2.24) is 19.2 Å². The molecule has 0 aromatic carbocycles. The van der Waals surface area contributed by atoms with Gasteiger partial charge in [-0.25, -0.2) is 18.4 Å². The Hall–Kier alpha value is -1.74. The van der Waals surface area contributed by atoms with Gasteiger partial charge in [0, 0.05) is 46.5 Å². The third-order valence-electron chi connectivity index (χ3n) is 3.63. The second-order valence-corrected chi connectivity index (χ2v) is 7.55. The molecule has 1 aromatic heterocycles. The summed E-state index contributed by atoms with van der Waals surface area (Å²) in [5.74, 6) is 0.179. The molecule has 1 atom stereocenters. The van der Waals surface area contributed by atoms with E-state index in [0.717, 1.165) is 0 Å². The molecule has 22 heavy (non-hydrogen) atoms. The van der Waals surface area contributed by atoms with Crippen molar-refractivity contribution in [1.29, 1.82) is 0 Å². The van der Waals surface area contributed by atoms with Gasteiger partial charge in [0.2, 0.25) is 15.9 Å². The average Bonchev–Trinajstić information content (AvgIpc) is 2.70. The standard InChI is InChI=1S/C13H21N5O3S/c1-16(2)13(19)11-8-17(12-4-5-14-10-15-12)6-7-18(9-11)22(3,20)21/h4-5,10-11H,6-9H2,1-3H3/t11-/m1/s1. The number of carbonyl (C=O) groups is 1. The van der Waals surface area contributed by atoms with E-state index in [0.29, 0.717) is 25.5 Å². The van der Waals surface area contributed by atoms with E-state index in [4.69, 9.17) is 0 Å². The van der Waals surface area contributed by atoms with Crippen LogP contribution in [0, 0.1) is 5.92 Å². The third kappa shape index (κ3) is 3.92. The fourth-order valence-corrected chi connectivity index (χ4v) is 3.35. The molecule has 1 saturated heterocycles. The van der Waals surface area contributed by atoms with Gasteiger partial charge in [0.1, 0.15) is 12.1 Å². The molecule has 0 saturated carbocycles. The van der Waals surface area contributed by atoms with Crippen LogP contribution in [-0.2, 0) is 14.8 Å². The van der Waals surface area contributed by atoms with Gasteiger partial charge in [0.05, 0.1) is 12.2 Å². The van der Waals surface area contributed by atoms with E-state index >= 15 is 0 Å². The van der Waals surface area contributed by atoms with Crippen LogP contribution in [-0.4, -0.2) is 80.0 Å². The summed E-state index contributed by atoms with van der Waals surface area (Å²) in [4.78, 5) is 23.8. The maximum atomic E-state index is 12.3. The van der Waals surface area contributed by atoms with E-state index in [1.165, 1.54) is 21.8 Å². The van der Waals surface area contributed by atoms with Gasteiger partial charge in [0.15, 0.2) is 0 Å². The van der Waals surface area contributed by atoms with E-state index in [1.54, 1.807) is 26.4 Å². The number of anilines is 1. The Kier molecular flexibility index (Phi) is 4.97. The molecular formula is C13H21N5O3S. The first-order valence-corrected chi connectivity index (χ1v) is 8.81. The number of amides is 1. The molecule has 8 nitrogen and oxygen atoms in total. The summed E-state index contributed by atoms with van der Waals surface area (Å²) in [7, 11) is 0.00351. The summed E-state index contributed by atoms with van der Waals surface area (Å²) in [6, 6.07) is 1.76. The van der Waals surface area contributed by atoms with Crippen LogP contribution in [0.2, 0.25) is 0 Å². The molecule has 0 aliphatic carbocycles. The summed E-state index contributed by atoms with van der Waals surface area (Å²) >= 11 is 0.